The fourth-order valence-corrected chi connectivity index (χ4v) is 7.80. The van der Waals surface area contributed by atoms with Crippen molar-refractivity contribution in [1.82, 2.24) is 20.1 Å². The molecule has 3 aromatic carbocycles. The Bertz CT molecular complexity index is 2160. The highest BCUT2D eigenvalue weighted by atomic mass is 35.6. The van der Waals surface area contributed by atoms with Gasteiger partial charge < -0.3 is 24.0 Å². The molecule has 6 rings (SSSR count). The minimum absolute atomic E-state index is 0.00670. The number of hydrogen-bond acceptors (Lipinski definition) is 10. The SMILES string of the molecule is CC(C)(OC(=O)N1C2CC(c3ccc(CCCOc4c(F)ccc(F)c4F)cc3)=C(C(=O)N(Cc3ccccc3Cl)C3CC3)C1CN(C(=O)OCCCCON(O)O)C2)C(Cl)(Cl)Cl. The molecule has 2 unspecified atom stereocenters. The van der Waals surface area contributed by atoms with E-state index in [1.807, 2.05) is 36.4 Å². The first-order valence-corrected chi connectivity index (χ1v) is 21.8. The number of fused-ring (bicyclic) bond motifs is 2. The third-order valence-corrected chi connectivity index (χ3v) is 12.8. The van der Waals surface area contributed by atoms with E-state index in [0.29, 0.717) is 47.9 Å². The minimum atomic E-state index is -2.03. The van der Waals surface area contributed by atoms with E-state index < -0.39 is 62.3 Å². The van der Waals surface area contributed by atoms with Crippen molar-refractivity contribution in [3.8, 4) is 5.75 Å². The van der Waals surface area contributed by atoms with E-state index in [-0.39, 0.29) is 63.4 Å². The van der Waals surface area contributed by atoms with Crippen LogP contribution in [0.5, 0.6) is 5.75 Å². The number of halogens is 7. The van der Waals surface area contributed by atoms with Gasteiger partial charge in [0.2, 0.25) is 9.61 Å². The van der Waals surface area contributed by atoms with Gasteiger partial charge in [0.05, 0.1) is 37.3 Å². The van der Waals surface area contributed by atoms with E-state index in [1.54, 1.807) is 17.0 Å². The molecule has 1 aliphatic carbocycles. The highest BCUT2D eigenvalue weighted by Crippen LogP contribution is 2.45. The lowest BCUT2D eigenvalue weighted by atomic mass is 9.81. The van der Waals surface area contributed by atoms with E-state index in [4.69, 9.17) is 71.0 Å². The van der Waals surface area contributed by atoms with Gasteiger partial charge in [-0.05, 0) is 99.3 Å². The quantitative estimate of drug-likeness (QED) is 0.0582. The topological polar surface area (TPSA) is 142 Å². The average Bonchev–Trinajstić information content (AvgIpc) is 4.07. The molecule has 63 heavy (non-hydrogen) atoms. The molecule has 2 aliphatic heterocycles. The number of piperazine rings is 1. The van der Waals surface area contributed by atoms with Crippen molar-refractivity contribution in [1.29, 1.82) is 0 Å². The van der Waals surface area contributed by atoms with Crippen molar-refractivity contribution < 1.29 is 57.0 Å². The molecule has 342 valence electrons. The van der Waals surface area contributed by atoms with Crippen LogP contribution in [0, 0.1) is 17.5 Å². The Labute approximate surface area is 382 Å². The second-order valence-electron chi connectivity index (χ2n) is 15.9. The van der Waals surface area contributed by atoms with Gasteiger partial charge in [0.25, 0.3) is 5.91 Å². The maximum atomic E-state index is 15.3. The number of carbonyl (C=O) groups is 3. The monoisotopic (exact) mass is 960 g/mol. The number of hydrogen-bond donors (Lipinski definition) is 2. The smallest absolute Gasteiger partial charge is 0.411 e. The van der Waals surface area contributed by atoms with Crippen molar-refractivity contribution >= 4 is 70.1 Å². The molecule has 3 aliphatic rings. The standard InChI is InChI=1S/C43H47Cl4F3N4O9/c1-42(2,43(45,46)47)63-41(57)53-30-22-31(27-13-11-26(12-14-27)8-7-20-60-38-34(49)18-17-33(48)37(38)50)36(39(55)52(29-15-16-29)23-28-9-3-4-10-32(28)44)35(53)25-51(24-30)40(56)61-19-5-6-21-62-54(58)59/h3-4,9-14,17-18,29-30,35,58-59H,5-8,15-16,19-25H2,1-2H3. The normalized spacial score (nSPS) is 17.8. The van der Waals surface area contributed by atoms with Crippen molar-refractivity contribution in [2.24, 2.45) is 0 Å². The first-order valence-electron chi connectivity index (χ1n) is 20.3. The van der Waals surface area contributed by atoms with Gasteiger partial charge in [-0.3, -0.25) is 24.9 Å². The molecule has 0 spiro atoms. The molecular weight excluding hydrogens is 915 g/mol. The van der Waals surface area contributed by atoms with E-state index in [2.05, 4.69) is 4.84 Å². The summed E-state index contributed by atoms with van der Waals surface area (Å²) in [6.45, 7) is 2.74. The molecule has 20 heteroatoms. The summed E-state index contributed by atoms with van der Waals surface area (Å²) in [5.41, 5.74) is 1.52. The van der Waals surface area contributed by atoms with Crippen LogP contribution in [-0.2, 0) is 32.1 Å². The van der Waals surface area contributed by atoms with E-state index in [1.165, 1.54) is 23.6 Å². The maximum Gasteiger partial charge on any atom is 0.411 e. The number of alkyl halides is 3. The minimum Gasteiger partial charge on any atom is -0.488 e. The summed E-state index contributed by atoms with van der Waals surface area (Å²) in [5, 5.41) is 17.6. The van der Waals surface area contributed by atoms with Crippen LogP contribution in [0.1, 0.15) is 69.1 Å². The maximum absolute atomic E-state index is 15.3. The van der Waals surface area contributed by atoms with Crippen LogP contribution >= 0.6 is 46.4 Å². The predicted octanol–water partition coefficient (Wildman–Crippen LogP) is 9.69. The van der Waals surface area contributed by atoms with Crippen LogP contribution in [-0.4, -0.2) is 109 Å². The molecule has 2 atom stereocenters. The largest absolute Gasteiger partial charge is 0.488 e. The molecule has 0 aromatic heterocycles. The Morgan fingerprint density at radius 3 is 2.21 bits per heavy atom. The molecule has 3 amide bonds. The highest BCUT2D eigenvalue weighted by Gasteiger charge is 2.52. The van der Waals surface area contributed by atoms with Gasteiger partial charge in [-0.15, -0.1) is 0 Å². The molecule has 0 radical (unpaired) electrons. The zero-order valence-corrected chi connectivity index (χ0v) is 37.4. The number of nitrogens with zero attached hydrogens (tertiary/aromatic N) is 4. The van der Waals surface area contributed by atoms with Gasteiger partial charge in [0, 0.05) is 36.3 Å². The molecule has 3 aromatic rings. The van der Waals surface area contributed by atoms with Crippen LogP contribution in [0.3, 0.4) is 0 Å². The lowest BCUT2D eigenvalue weighted by Crippen LogP contribution is -2.66. The number of aryl methyl sites for hydroxylation is 1. The highest BCUT2D eigenvalue weighted by molar-refractivity contribution is 6.68. The number of benzene rings is 3. The predicted molar refractivity (Wildman–Crippen MR) is 227 cm³/mol. The van der Waals surface area contributed by atoms with Crippen molar-refractivity contribution in [3.05, 3.63) is 105 Å². The fourth-order valence-electron chi connectivity index (χ4n) is 7.49. The molecular formula is C43H47Cl4F3N4O9. The number of amides is 3. The van der Waals surface area contributed by atoms with Crippen LogP contribution < -0.4 is 4.74 Å². The Balaban J connectivity index is 1.33. The number of rotatable bonds is 17. The van der Waals surface area contributed by atoms with Gasteiger partial charge in [0.15, 0.2) is 23.0 Å². The fraction of sp³-hybridized carbons (Fsp3) is 0.465. The summed E-state index contributed by atoms with van der Waals surface area (Å²) in [5.74, 6) is -4.78. The Morgan fingerprint density at radius 1 is 0.857 bits per heavy atom. The summed E-state index contributed by atoms with van der Waals surface area (Å²) >= 11 is 25.3. The summed E-state index contributed by atoms with van der Waals surface area (Å²) in [4.78, 5) is 52.5. The Kier molecular flexibility index (Phi) is 16.1. The molecule has 1 saturated heterocycles. The van der Waals surface area contributed by atoms with Crippen molar-refractivity contribution in [3.63, 3.8) is 0 Å². The Morgan fingerprint density at radius 2 is 1.54 bits per heavy atom. The second kappa shape index (κ2) is 20.9. The molecule has 2 bridgehead atoms. The van der Waals surface area contributed by atoms with E-state index in [0.717, 1.165) is 30.0 Å². The number of carbonyl (C=O) groups excluding carboxylic acids is 3. The third kappa shape index (κ3) is 12.0. The summed E-state index contributed by atoms with van der Waals surface area (Å²) < 4.78 is 56.6. The van der Waals surface area contributed by atoms with Crippen molar-refractivity contribution in [2.75, 3.05) is 32.9 Å². The van der Waals surface area contributed by atoms with Gasteiger partial charge in [-0.25, -0.2) is 18.4 Å². The zero-order chi connectivity index (χ0) is 45.6. The summed E-state index contributed by atoms with van der Waals surface area (Å²) in [6, 6.07) is 14.1. The van der Waals surface area contributed by atoms with Gasteiger partial charge in [0.1, 0.15) is 0 Å². The molecule has 2 fully saturated rings. The van der Waals surface area contributed by atoms with Gasteiger partial charge in [-0.2, -0.15) is 4.39 Å². The van der Waals surface area contributed by atoms with E-state index in [9.17, 15) is 22.8 Å². The molecule has 2 heterocycles. The lowest BCUT2D eigenvalue weighted by molar-refractivity contribution is -0.492. The zero-order valence-electron chi connectivity index (χ0n) is 34.4. The number of unbranched alkanes of at least 4 members (excludes halogenated alkanes) is 1. The summed E-state index contributed by atoms with van der Waals surface area (Å²) in [6.07, 6.45) is 1.49. The average molecular weight is 963 g/mol. The Hall–Kier alpha value is -4.00. The second-order valence-corrected chi connectivity index (χ2v) is 18.6. The van der Waals surface area contributed by atoms with Crippen molar-refractivity contribution in [2.45, 2.75) is 92.9 Å². The number of ether oxygens (including phenoxy) is 3. The molecule has 13 nitrogen and oxygen atoms in total. The summed E-state index contributed by atoms with van der Waals surface area (Å²) in [7, 11) is 0. The van der Waals surface area contributed by atoms with Gasteiger partial charge >= 0.3 is 12.2 Å². The van der Waals surface area contributed by atoms with Crippen LogP contribution in [0.25, 0.3) is 5.57 Å². The third-order valence-electron chi connectivity index (χ3n) is 11.1. The first-order chi connectivity index (χ1) is 29.9. The van der Waals surface area contributed by atoms with Gasteiger partial charge in [-0.1, -0.05) is 88.9 Å². The van der Waals surface area contributed by atoms with Crippen LogP contribution in [0.2, 0.25) is 5.02 Å². The van der Waals surface area contributed by atoms with Crippen LogP contribution in [0.4, 0.5) is 22.8 Å². The van der Waals surface area contributed by atoms with E-state index >= 15 is 4.79 Å². The van der Waals surface area contributed by atoms with Crippen LogP contribution in [0.15, 0.2) is 66.2 Å². The first kappa shape index (κ1) is 48.5. The molecule has 1 saturated carbocycles. The lowest BCUT2D eigenvalue weighted by Gasteiger charge is -2.51. The molecule has 2 N–H and O–H groups in total.